The average molecular weight is 327 g/mol. The molecule has 0 saturated carbocycles. The van der Waals surface area contributed by atoms with Crippen LogP contribution in [0.2, 0.25) is 0 Å². The van der Waals surface area contributed by atoms with Crippen LogP contribution in [0.25, 0.3) is 11.3 Å². The second kappa shape index (κ2) is 7.94. The minimum Gasteiger partial charge on any atom is -0.379 e. The molecule has 0 bridgehead atoms. The van der Waals surface area contributed by atoms with E-state index >= 15 is 0 Å². The first kappa shape index (κ1) is 16.5. The van der Waals surface area contributed by atoms with E-state index in [-0.39, 0.29) is 11.9 Å². The number of carbonyl (C=O) groups excluding carboxylic acids is 1. The van der Waals surface area contributed by atoms with Gasteiger partial charge in [-0.05, 0) is 19.1 Å². The van der Waals surface area contributed by atoms with E-state index in [9.17, 15) is 4.79 Å². The molecular formula is C17H21N5O2. The van der Waals surface area contributed by atoms with E-state index in [1.165, 1.54) is 6.33 Å². The van der Waals surface area contributed by atoms with Crippen molar-refractivity contribution in [3.8, 4) is 11.3 Å². The van der Waals surface area contributed by atoms with Gasteiger partial charge in [0.05, 0.1) is 24.5 Å². The van der Waals surface area contributed by atoms with Crippen LogP contribution in [0.3, 0.4) is 0 Å². The van der Waals surface area contributed by atoms with E-state index in [0.717, 1.165) is 37.6 Å². The lowest BCUT2D eigenvalue weighted by molar-refractivity contribution is 0.0204. The van der Waals surface area contributed by atoms with Crippen molar-refractivity contribution >= 4 is 5.91 Å². The number of amides is 1. The fourth-order valence-corrected chi connectivity index (χ4v) is 2.62. The molecule has 1 saturated heterocycles. The van der Waals surface area contributed by atoms with Crippen LogP contribution in [-0.4, -0.2) is 64.6 Å². The van der Waals surface area contributed by atoms with Crippen molar-refractivity contribution in [2.75, 3.05) is 32.8 Å². The van der Waals surface area contributed by atoms with E-state index in [0.29, 0.717) is 12.1 Å². The van der Waals surface area contributed by atoms with Crippen molar-refractivity contribution in [2.24, 2.45) is 0 Å². The molecule has 2 aromatic heterocycles. The molecule has 2 aromatic rings. The zero-order valence-electron chi connectivity index (χ0n) is 13.7. The Morgan fingerprint density at radius 2 is 2.00 bits per heavy atom. The van der Waals surface area contributed by atoms with Crippen LogP contribution < -0.4 is 5.32 Å². The van der Waals surface area contributed by atoms with Crippen LogP contribution in [0.5, 0.6) is 0 Å². The number of nitrogens with zero attached hydrogens (tertiary/aromatic N) is 4. The molecule has 0 spiro atoms. The summed E-state index contributed by atoms with van der Waals surface area (Å²) in [5, 5.41) is 2.97. The van der Waals surface area contributed by atoms with Crippen LogP contribution in [0, 0.1) is 0 Å². The zero-order chi connectivity index (χ0) is 16.8. The van der Waals surface area contributed by atoms with Crippen LogP contribution >= 0.6 is 0 Å². The Bertz CT molecular complexity index is 656. The molecule has 3 heterocycles. The molecule has 0 radical (unpaired) electrons. The molecule has 1 atom stereocenters. The van der Waals surface area contributed by atoms with Gasteiger partial charge in [0, 0.05) is 49.8 Å². The van der Waals surface area contributed by atoms with E-state index in [1.54, 1.807) is 30.7 Å². The largest absolute Gasteiger partial charge is 0.379 e. The van der Waals surface area contributed by atoms with Gasteiger partial charge in [0.25, 0.3) is 5.91 Å². The van der Waals surface area contributed by atoms with E-state index in [4.69, 9.17) is 4.74 Å². The first-order chi connectivity index (χ1) is 11.7. The topological polar surface area (TPSA) is 80.2 Å². The lowest BCUT2D eigenvalue weighted by atomic mass is 10.2. The third-order valence-corrected chi connectivity index (χ3v) is 4.11. The highest BCUT2D eigenvalue weighted by molar-refractivity contribution is 5.94. The summed E-state index contributed by atoms with van der Waals surface area (Å²) < 4.78 is 5.35. The summed E-state index contributed by atoms with van der Waals surface area (Å²) in [6.07, 6.45) is 6.44. The number of pyridine rings is 1. The Morgan fingerprint density at radius 1 is 1.25 bits per heavy atom. The van der Waals surface area contributed by atoms with Gasteiger partial charge in [0.15, 0.2) is 0 Å². The van der Waals surface area contributed by atoms with Crippen LogP contribution in [-0.2, 0) is 4.74 Å². The number of morpholine rings is 1. The van der Waals surface area contributed by atoms with E-state index < -0.39 is 0 Å². The Balaban J connectivity index is 1.55. The molecular weight excluding hydrogens is 306 g/mol. The molecule has 1 N–H and O–H groups in total. The Morgan fingerprint density at radius 3 is 2.67 bits per heavy atom. The van der Waals surface area contributed by atoms with E-state index in [2.05, 4.69) is 32.1 Å². The van der Waals surface area contributed by atoms with Gasteiger partial charge < -0.3 is 10.1 Å². The summed E-state index contributed by atoms with van der Waals surface area (Å²) in [5.74, 6) is -0.113. The highest BCUT2D eigenvalue weighted by Gasteiger charge is 2.17. The van der Waals surface area contributed by atoms with Crippen molar-refractivity contribution in [1.82, 2.24) is 25.2 Å². The maximum Gasteiger partial charge on any atom is 0.252 e. The van der Waals surface area contributed by atoms with Gasteiger partial charge >= 0.3 is 0 Å². The summed E-state index contributed by atoms with van der Waals surface area (Å²) in [6, 6.07) is 3.86. The Kier molecular flexibility index (Phi) is 5.45. The van der Waals surface area contributed by atoms with Crippen LogP contribution in [0.15, 0.2) is 37.1 Å². The molecule has 3 rings (SSSR count). The molecule has 1 aliphatic heterocycles. The summed E-state index contributed by atoms with van der Waals surface area (Å²) in [4.78, 5) is 26.8. The first-order valence-corrected chi connectivity index (χ1v) is 8.05. The average Bonchev–Trinajstić information content (AvgIpc) is 2.67. The maximum absolute atomic E-state index is 12.3. The normalized spacial score (nSPS) is 16.5. The fourth-order valence-electron chi connectivity index (χ4n) is 2.62. The fraction of sp³-hybridized carbons (Fsp3) is 0.412. The SMILES string of the molecule is CC(CNC(=O)c1ccc(-c2cncnc2)nc1)N1CCOCC1. The van der Waals surface area contributed by atoms with Gasteiger partial charge in [-0.1, -0.05) is 0 Å². The maximum atomic E-state index is 12.3. The van der Waals surface area contributed by atoms with Crippen molar-refractivity contribution in [2.45, 2.75) is 13.0 Å². The van der Waals surface area contributed by atoms with E-state index in [1.807, 2.05) is 0 Å². The van der Waals surface area contributed by atoms with Crippen molar-refractivity contribution in [3.05, 3.63) is 42.6 Å². The van der Waals surface area contributed by atoms with Gasteiger partial charge in [0.1, 0.15) is 6.33 Å². The molecule has 24 heavy (non-hydrogen) atoms. The number of hydrogen-bond acceptors (Lipinski definition) is 6. The summed E-state index contributed by atoms with van der Waals surface area (Å²) in [6.45, 7) is 6.05. The van der Waals surface area contributed by atoms with Gasteiger partial charge in [-0.25, -0.2) is 9.97 Å². The lowest BCUT2D eigenvalue weighted by Crippen LogP contribution is -2.47. The predicted octanol–water partition coefficient (Wildman–Crippen LogP) is 0.989. The molecule has 126 valence electrons. The van der Waals surface area contributed by atoms with Crippen molar-refractivity contribution in [1.29, 1.82) is 0 Å². The molecule has 1 fully saturated rings. The summed E-state index contributed by atoms with van der Waals surface area (Å²) in [5.41, 5.74) is 2.11. The lowest BCUT2D eigenvalue weighted by Gasteiger charge is -2.32. The summed E-state index contributed by atoms with van der Waals surface area (Å²) in [7, 11) is 0. The van der Waals surface area contributed by atoms with Gasteiger partial charge in [-0.3, -0.25) is 14.7 Å². The van der Waals surface area contributed by atoms with Gasteiger partial charge in [0.2, 0.25) is 0 Å². The molecule has 0 aromatic carbocycles. The highest BCUT2D eigenvalue weighted by Crippen LogP contribution is 2.14. The Labute approximate surface area is 141 Å². The molecule has 1 aliphatic rings. The molecule has 1 unspecified atom stereocenters. The molecule has 7 heteroatoms. The van der Waals surface area contributed by atoms with Crippen molar-refractivity contribution in [3.63, 3.8) is 0 Å². The number of hydrogen-bond donors (Lipinski definition) is 1. The number of rotatable bonds is 5. The van der Waals surface area contributed by atoms with Crippen molar-refractivity contribution < 1.29 is 9.53 Å². The van der Waals surface area contributed by atoms with Gasteiger partial charge in [-0.15, -0.1) is 0 Å². The van der Waals surface area contributed by atoms with Crippen LogP contribution in [0.1, 0.15) is 17.3 Å². The van der Waals surface area contributed by atoms with Crippen LogP contribution in [0.4, 0.5) is 0 Å². The number of carbonyl (C=O) groups is 1. The second-order valence-electron chi connectivity index (χ2n) is 5.77. The standard InChI is InChI=1S/C17H21N5O2/c1-13(22-4-6-24-7-5-22)8-21-17(23)14-2-3-16(20-11-14)15-9-18-12-19-10-15/h2-3,9-13H,4-8H2,1H3,(H,21,23). The third-order valence-electron chi connectivity index (χ3n) is 4.11. The number of nitrogens with one attached hydrogen (secondary N) is 1. The minimum absolute atomic E-state index is 0.113. The molecule has 7 nitrogen and oxygen atoms in total. The smallest absolute Gasteiger partial charge is 0.252 e. The predicted molar refractivity (Wildman–Crippen MR) is 89.5 cm³/mol. The number of ether oxygens (including phenoxy) is 1. The quantitative estimate of drug-likeness (QED) is 0.882. The zero-order valence-corrected chi connectivity index (χ0v) is 13.7. The Hall–Kier alpha value is -2.38. The number of aromatic nitrogens is 3. The third kappa shape index (κ3) is 4.12. The second-order valence-corrected chi connectivity index (χ2v) is 5.77. The first-order valence-electron chi connectivity index (χ1n) is 8.05. The summed E-state index contributed by atoms with van der Waals surface area (Å²) >= 11 is 0. The highest BCUT2D eigenvalue weighted by atomic mass is 16.5. The minimum atomic E-state index is -0.113. The molecule has 0 aliphatic carbocycles. The van der Waals surface area contributed by atoms with Gasteiger partial charge in [-0.2, -0.15) is 0 Å². The molecule has 1 amide bonds. The monoisotopic (exact) mass is 327 g/mol.